The van der Waals surface area contributed by atoms with Gasteiger partial charge in [-0.3, -0.25) is 0 Å². The summed E-state index contributed by atoms with van der Waals surface area (Å²) in [6, 6.07) is 8.03. The van der Waals surface area contributed by atoms with Crippen LogP contribution in [0.3, 0.4) is 0 Å². The second-order valence-electron chi connectivity index (χ2n) is 6.12. The fourth-order valence-corrected chi connectivity index (χ4v) is 2.46. The Balaban J connectivity index is 2.33. The van der Waals surface area contributed by atoms with Gasteiger partial charge in [-0.05, 0) is 37.6 Å². The number of hydrogen-bond donors (Lipinski definition) is 0. The minimum absolute atomic E-state index is 0.133. The minimum Gasteiger partial charge on any atom is -0.457 e. The summed E-state index contributed by atoms with van der Waals surface area (Å²) >= 11 is 0. The molecule has 0 N–H and O–H groups in total. The summed E-state index contributed by atoms with van der Waals surface area (Å²) in [4.78, 5) is 17.8. The Kier molecular flexibility index (Phi) is 6.77. The fourth-order valence-electron chi connectivity index (χ4n) is 2.46. The molecule has 0 radical (unpaired) electrons. The molecule has 8 heteroatoms. The molecule has 0 aromatic heterocycles. The summed E-state index contributed by atoms with van der Waals surface area (Å²) in [7, 11) is 1.68. The number of hydrogen-bond acceptors (Lipinski definition) is 3. The van der Waals surface area contributed by atoms with Crippen LogP contribution in [0, 0.1) is 12.7 Å². The lowest BCUT2D eigenvalue weighted by atomic mass is 10.00. The first kappa shape index (κ1) is 21.4. The van der Waals surface area contributed by atoms with E-state index in [-0.39, 0.29) is 29.0 Å². The van der Waals surface area contributed by atoms with Gasteiger partial charge in [0.25, 0.3) is 0 Å². The molecule has 0 amide bonds. The lowest BCUT2D eigenvalue weighted by Crippen LogP contribution is -2.16. The van der Waals surface area contributed by atoms with Crippen molar-refractivity contribution in [2.45, 2.75) is 26.6 Å². The minimum atomic E-state index is -4.70. The summed E-state index contributed by atoms with van der Waals surface area (Å²) in [5, 5.41) is 0. The maximum atomic E-state index is 13.6. The number of carbonyl (C=O) groups is 1. The van der Waals surface area contributed by atoms with E-state index in [0.29, 0.717) is 6.54 Å². The van der Waals surface area contributed by atoms with Crippen LogP contribution in [0.5, 0.6) is 0 Å². The summed E-state index contributed by atoms with van der Waals surface area (Å²) < 4.78 is 59.3. The zero-order chi connectivity index (χ0) is 20.9. The van der Waals surface area contributed by atoms with E-state index >= 15 is 0 Å². The van der Waals surface area contributed by atoms with Crippen molar-refractivity contribution in [3.05, 3.63) is 64.5 Å². The van der Waals surface area contributed by atoms with E-state index in [4.69, 9.17) is 4.74 Å². The van der Waals surface area contributed by atoms with E-state index in [2.05, 4.69) is 4.99 Å². The monoisotopic (exact) mass is 396 g/mol. The van der Waals surface area contributed by atoms with Crippen LogP contribution >= 0.6 is 0 Å². The topological polar surface area (TPSA) is 41.9 Å². The van der Waals surface area contributed by atoms with Gasteiger partial charge in [0.05, 0.1) is 23.2 Å². The molecule has 2 aromatic carbocycles. The highest BCUT2D eigenvalue weighted by molar-refractivity contribution is 5.92. The third-order valence-electron chi connectivity index (χ3n) is 4.16. The Morgan fingerprint density at radius 1 is 1.21 bits per heavy atom. The summed E-state index contributed by atoms with van der Waals surface area (Å²) in [6.07, 6.45) is -3.41. The molecule has 0 atom stereocenters. The molecular formula is C20H20F4N2O2. The quantitative estimate of drug-likeness (QED) is 0.295. The van der Waals surface area contributed by atoms with Crippen molar-refractivity contribution >= 4 is 18.0 Å². The standard InChI is InChI=1S/C20H20F4N2O2/c1-4-26(3)12-25-17-10-9-15(13(2)18(17)20(22,23)24)19(27)28-11-14-7-5-6-8-16(14)21/h5-10,12H,4,11H2,1-3H3/b25-12+. The molecule has 4 nitrogen and oxygen atoms in total. The van der Waals surface area contributed by atoms with E-state index < -0.39 is 23.5 Å². The van der Waals surface area contributed by atoms with Crippen LogP contribution in [0.1, 0.15) is 34.0 Å². The predicted octanol–water partition coefficient (Wildman–Crippen LogP) is 5.12. The van der Waals surface area contributed by atoms with Gasteiger partial charge in [-0.2, -0.15) is 13.2 Å². The Morgan fingerprint density at radius 3 is 2.50 bits per heavy atom. The highest BCUT2D eigenvalue weighted by atomic mass is 19.4. The maximum absolute atomic E-state index is 13.6. The summed E-state index contributed by atoms with van der Waals surface area (Å²) in [6.45, 7) is 3.21. The molecule has 0 aliphatic heterocycles. The second-order valence-corrected chi connectivity index (χ2v) is 6.12. The third-order valence-corrected chi connectivity index (χ3v) is 4.16. The molecule has 150 valence electrons. The van der Waals surface area contributed by atoms with E-state index in [9.17, 15) is 22.4 Å². The van der Waals surface area contributed by atoms with Gasteiger partial charge in [0.15, 0.2) is 0 Å². The number of aliphatic imine (C=N–C) groups is 1. The predicted molar refractivity (Wildman–Crippen MR) is 98.2 cm³/mol. The van der Waals surface area contributed by atoms with Gasteiger partial charge >= 0.3 is 12.1 Å². The molecule has 2 rings (SSSR count). The maximum Gasteiger partial charge on any atom is 0.418 e. The average molecular weight is 396 g/mol. The lowest BCUT2D eigenvalue weighted by molar-refractivity contribution is -0.137. The lowest BCUT2D eigenvalue weighted by Gasteiger charge is -2.17. The number of benzene rings is 2. The van der Waals surface area contributed by atoms with Crippen LogP contribution < -0.4 is 0 Å². The largest absolute Gasteiger partial charge is 0.457 e. The number of halogens is 4. The van der Waals surface area contributed by atoms with E-state index in [1.807, 2.05) is 6.92 Å². The molecule has 0 bridgehead atoms. The Morgan fingerprint density at radius 2 is 1.89 bits per heavy atom. The van der Waals surface area contributed by atoms with E-state index in [0.717, 1.165) is 6.07 Å². The van der Waals surface area contributed by atoms with Crippen molar-refractivity contribution < 1.29 is 27.1 Å². The van der Waals surface area contributed by atoms with Crippen molar-refractivity contribution in [1.29, 1.82) is 0 Å². The van der Waals surface area contributed by atoms with Crippen molar-refractivity contribution in [2.75, 3.05) is 13.6 Å². The van der Waals surface area contributed by atoms with Gasteiger partial charge in [-0.1, -0.05) is 18.2 Å². The molecule has 0 saturated carbocycles. The first-order valence-electron chi connectivity index (χ1n) is 8.50. The van der Waals surface area contributed by atoms with Crippen molar-refractivity contribution in [2.24, 2.45) is 4.99 Å². The number of rotatable bonds is 6. The number of nitrogens with zero attached hydrogens (tertiary/aromatic N) is 2. The second kappa shape index (κ2) is 8.86. The van der Waals surface area contributed by atoms with Crippen molar-refractivity contribution in [3.8, 4) is 0 Å². The molecule has 0 aliphatic rings. The van der Waals surface area contributed by atoms with Gasteiger partial charge in [0, 0.05) is 19.2 Å². The van der Waals surface area contributed by atoms with Gasteiger partial charge in [0.1, 0.15) is 12.4 Å². The Hall–Kier alpha value is -2.90. The third kappa shape index (κ3) is 5.09. The summed E-state index contributed by atoms with van der Waals surface area (Å²) in [5.41, 5.74) is -1.70. The molecule has 0 heterocycles. The van der Waals surface area contributed by atoms with E-state index in [1.54, 1.807) is 18.0 Å². The molecule has 0 fully saturated rings. The Bertz CT molecular complexity index is 879. The van der Waals surface area contributed by atoms with Crippen molar-refractivity contribution in [1.82, 2.24) is 4.90 Å². The number of carbonyl (C=O) groups excluding carboxylic acids is 1. The normalized spacial score (nSPS) is 11.7. The molecule has 0 saturated heterocycles. The van der Waals surface area contributed by atoms with Crippen molar-refractivity contribution in [3.63, 3.8) is 0 Å². The van der Waals surface area contributed by atoms with Gasteiger partial charge in [-0.15, -0.1) is 0 Å². The molecule has 28 heavy (non-hydrogen) atoms. The molecule has 2 aromatic rings. The SMILES string of the molecule is CCN(C)/C=N/c1ccc(C(=O)OCc2ccccc2F)c(C)c1C(F)(F)F. The molecule has 0 spiro atoms. The first-order chi connectivity index (χ1) is 13.1. The van der Waals surface area contributed by atoms with Crippen LogP contribution in [0.15, 0.2) is 41.4 Å². The number of esters is 1. The number of ether oxygens (including phenoxy) is 1. The smallest absolute Gasteiger partial charge is 0.418 e. The highest BCUT2D eigenvalue weighted by Crippen LogP contribution is 2.40. The molecular weight excluding hydrogens is 376 g/mol. The number of alkyl halides is 3. The molecule has 0 unspecified atom stereocenters. The van der Waals surface area contributed by atoms with Crippen LogP contribution in [-0.4, -0.2) is 30.8 Å². The zero-order valence-electron chi connectivity index (χ0n) is 15.7. The van der Waals surface area contributed by atoms with Crippen LogP contribution in [0.25, 0.3) is 0 Å². The average Bonchev–Trinajstić information content (AvgIpc) is 2.64. The Labute approximate surface area is 160 Å². The highest BCUT2D eigenvalue weighted by Gasteiger charge is 2.37. The zero-order valence-corrected chi connectivity index (χ0v) is 15.7. The van der Waals surface area contributed by atoms with Gasteiger partial charge < -0.3 is 9.64 Å². The van der Waals surface area contributed by atoms with Crippen LogP contribution in [-0.2, 0) is 17.5 Å². The fraction of sp³-hybridized carbons (Fsp3) is 0.300. The van der Waals surface area contributed by atoms with Gasteiger partial charge in [-0.25, -0.2) is 14.2 Å². The van der Waals surface area contributed by atoms with Crippen LogP contribution in [0.4, 0.5) is 23.2 Å². The van der Waals surface area contributed by atoms with Crippen LogP contribution in [0.2, 0.25) is 0 Å². The van der Waals surface area contributed by atoms with Gasteiger partial charge in [0.2, 0.25) is 0 Å². The van der Waals surface area contributed by atoms with E-state index in [1.165, 1.54) is 37.5 Å². The molecule has 0 aliphatic carbocycles. The summed E-state index contributed by atoms with van der Waals surface area (Å²) in [5.74, 6) is -1.53. The first-order valence-corrected chi connectivity index (χ1v) is 8.50.